The third kappa shape index (κ3) is 3.66. The monoisotopic (exact) mass is 425 g/mol. The van der Waals surface area contributed by atoms with Crippen LogP contribution in [0.15, 0.2) is 78.9 Å². The highest BCUT2D eigenvalue weighted by molar-refractivity contribution is 6.04. The summed E-state index contributed by atoms with van der Waals surface area (Å²) in [5.74, 6) is -0.581. The second-order valence-corrected chi connectivity index (χ2v) is 8.16. The topological polar surface area (TPSA) is 68.5 Å². The van der Waals surface area contributed by atoms with Gasteiger partial charge < -0.3 is 9.84 Å². The van der Waals surface area contributed by atoms with Gasteiger partial charge in [0.05, 0.1) is 11.4 Å². The van der Waals surface area contributed by atoms with Crippen LogP contribution in [0.2, 0.25) is 0 Å². The predicted molar refractivity (Wildman–Crippen MR) is 122 cm³/mol. The Kier molecular flexibility index (Phi) is 5.23. The second kappa shape index (κ2) is 8.35. The van der Waals surface area contributed by atoms with Crippen LogP contribution in [0.3, 0.4) is 0 Å². The molecule has 0 fully saturated rings. The summed E-state index contributed by atoms with van der Waals surface area (Å²) in [7, 11) is 0. The summed E-state index contributed by atoms with van der Waals surface area (Å²) >= 11 is 0. The fourth-order valence-electron chi connectivity index (χ4n) is 4.52. The summed E-state index contributed by atoms with van der Waals surface area (Å²) in [6.45, 7) is 0.467. The molecule has 5 heteroatoms. The summed E-state index contributed by atoms with van der Waals surface area (Å²) in [6, 6.07) is 24.9. The average Bonchev–Trinajstić information content (AvgIpc) is 3.17. The molecule has 1 aliphatic rings. The minimum Gasteiger partial charge on any atom is -0.489 e. The Hall–Kier alpha value is -3.86. The third-order valence-corrected chi connectivity index (χ3v) is 6.17. The van der Waals surface area contributed by atoms with Crippen LogP contribution < -0.4 is 4.74 Å². The highest BCUT2D eigenvalue weighted by Crippen LogP contribution is 2.35. The molecule has 1 heterocycles. The van der Waals surface area contributed by atoms with Crippen LogP contribution in [0.5, 0.6) is 5.75 Å². The van der Waals surface area contributed by atoms with Gasteiger partial charge in [-0.05, 0) is 60.7 Å². The van der Waals surface area contributed by atoms with E-state index in [2.05, 4.69) is 0 Å². The number of aromatic nitrogens is 1. The fourth-order valence-corrected chi connectivity index (χ4v) is 4.52. The minimum absolute atomic E-state index is 0.106. The molecule has 5 rings (SSSR count). The number of rotatable bonds is 5. The summed E-state index contributed by atoms with van der Waals surface area (Å²) < 4.78 is 7.61. The molecule has 3 aromatic carbocycles. The van der Waals surface area contributed by atoms with Crippen LogP contribution in [0, 0.1) is 5.92 Å². The first-order valence-corrected chi connectivity index (χ1v) is 10.8. The van der Waals surface area contributed by atoms with Gasteiger partial charge in [-0.3, -0.25) is 14.2 Å². The Morgan fingerprint density at radius 3 is 2.41 bits per heavy atom. The molecule has 0 aliphatic heterocycles. The highest BCUT2D eigenvalue weighted by Gasteiger charge is 2.30. The zero-order valence-electron chi connectivity index (χ0n) is 17.5. The lowest BCUT2D eigenvalue weighted by Gasteiger charge is -2.20. The number of carboxylic acid groups (broad SMARTS) is 1. The van der Waals surface area contributed by atoms with Gasteiger partial charge in [0.25, 0.3) is 5.91 Å². The smallest absolute Gasteiger partial charge is 0.306 e. The first-order chi connectivity index (χ1) is 15.6. The molecular formula is C27H23NO4. The van der Waals surface area contributed by atoms with Gasteiger partial charge in [-0.15, -0.1) is 0 Å². The number of carbonyl (C=O) groups is 2. The van der Waals surface area contributed by atoms with Crippen LogP contribution >= 0.6 is 0 Å². The van der Waals surface area contributed by atoms with E-state index in [9.17, 15) is 14.7 Å². The Morgan fingerprint density at radius 2 is 1.66 bits per heavy atom. The lowest BCUT2D eigenvalue weighted by atomic mass is 9.86. The predicted octanol–water partition coefficient (Wildman–Crippen LogP) is 5.10. The van der Waals surface area contributed by atoms with Gasteiger partial charge >= 0.3 is 5.97 Å². The number of fused-ring (bicyclic) bond motifs is 3. The third-order valence-electron chi connectivity index (χ3n) is 6.17. The van der Waals surface area contributed by atoms with Crippen LogP contribution in [-0.4, -0.2) is 21.6 Å². The molecule has 1 aliphatic carbocycles. The molecule has 1 unspecified atom stereocenters. The van der Waals surface area contributed by atoms with Crippen LogP contribution in [0.25, 0.3) is 10.9 Å². The van der Waals surface area contributed by atoms with Gasteiger partial charge in [0.15, 0.2) is 0 Å². The SMILES string of the molecule is O=C(O)C1CCc2c(c3ccccc3n2C(=O)c2ccc(OCc3ccccc3)cc2)C1. The maximum atomic E-state index is 13.5. The summed E-state index contributed by atoms with van der Waals surface area (Å²) in [5.41, 5.74) is 4.39. The van der Waals surface area contributed by atoms with Crippen molar-refractivity contribution in [2.24, 2.45) is 5.92 Å². The van der Waals surface area contributed by atoms with E-state index >= 15 is 0 Å². The molecule has 5 nitrogen and oxygen atoms in total. The van der Waals surface area contributed by atoms with Crippen LogP contribution in [-0.2, 0) is 24.2 Å². The van der Waals surface area contributed by atoms with Gasteiger partial charge in [-0.25, -0.2) is 0 Å². The van der Waals surface area contributed by atoms with Crippen molar-refractivity contribution < 1.29 is 19.4 Å². The van der Waals surface area contributed by atoms with Gasteiger partial charge in [0.2, 0.25) is 0 Å². The number of hydrogen-bond donors (Lipinski definition) is 1. The Balaban J connectivity index is 1.43. The highest BCUT2D eigenvalue weighted by atomic mass is 16.5. The van der Waals surface area contributed by atoms with Crippen molar-refractivity contribution in [2.45, 2.75) is 25.9 Å². The lowest BCUT2D eigenvalue weighted by molar-refractivity contribution is -0.142. The second-order valence-electron chi connectivity index (χ2n) is 8.16. The number of carboxylic acids is 1. The first kappa shape index (κ1) is 20.1. The van der Waals surface area contributed by atoms with Crippen molar-refractivity contribution in [1.82, 2.24) is 4.57 Å². The number of benzene rings is 3. The van der Waals surface area contributed by atoms with E-state index in [-0.39, 0.29) is 5.91 Å². The molecule has 1 atom stereocenters. The Bertz CT molecular complexity index is 1290. The number of aliphatic carboxylic acids is 1. The first-order valence-electron chi connectivity index (χ1n) is 10.8. The largest absolute Gasteiger partial charge is 0.489 e. The number of para-hydroxylation sites is 1. The molecule has 0 spiro atoms. The van der Waals surface area contributed by atoms with Gasteiger partial charge in [-0.1, -0.05) is 48.5 Å². The van der Waals surface area contributed by atoms with E-state index < -0.39 is 11.9 Å². The fraction of sp³-hybridized carbons (Fsp3) is 0.185. The molecule has 0 radical (unpaired) electrons. The van der Waals surface area contributed by atoms with Crippen molar-refractivity contribution in [3.05, 3.63) is 101 Å². The van der Waals surface area contributed by atoms with E-state index in [1.54, 1.807) is 16.7 Å². The van der Waals surface area contributed by atoms with Gasteiger partial charge in [0.1, 0.15) is 12.4 Å². The number of carbonyl (C=O) groups excluding carboxylic acids is 1. The molecule has 0 bridgehead atoms. The summed E-state index contributed by atoms with van der Waals surface area (Å²) in [5, 5.41) is 10.4. The molecule has 32 heavy (non-hydrogen) atoms. The van der Waals surface area contributed by atoms with E-state index in [4.69, 9.17) is 4.74 Å². The van der Waals surface area contributed by atoms with Crippen molar-refractivity contribution in [3.8, 4) is 5.75 Å². The number of ether oxygens (including phenoxy) is 1. The van der Waals surface area contributed by atoms with Gasteiger partial charge in [0, 0.05) is 16.6 Å². The molecule has 0 amide bonds. The van der Waals surface area contributed by atoms with Crippen LogP contribution in [0.1, 0.15) is 33.6 Å². The molecular weight excluding hydrogens is 402 g/mol. The molecule has 0 saturated carbocycles. The zero-order valence-corrected chi connectivity index (χ0v) is 17.5. The van der Waals surface area contributed by atoms with Crippen molar-refractivity contribution >= 4 is 22.8 Å². The zero-order chi connectivity index (χ0) is 22.1. The standard InChI is InChI=1S/C27H23NO4/c29-26(19-10-13-21(14-11-19)32-17-18-6-2-1-3-7-18)28-24-9-5-4-8-22(24)23-16-20(27(30)31)12-15-25(23)28/h1-11,13-14,20H,12,15-17H2,(H,30,31). The normalized spacial score (nSPS) is 15.3. The van der Waals surface area contributed by atoms with E-state index in [0.717, 1.165) is 27.7 Å². The van der Waals surface area contributed by atoms with Crippen molar-refractivity contribution in [3.63, 3.8) is 0 Å². The van der Waals surface area contributed by atoms with Crippen molar-refractivity contribution in [1.29, 1.82) is 0 Å². The van der Waals surface area contributed by atoms with E-state index in [1.807, 2.05) is 66.7 Å². The van der Waals surface area contributed by atoms with Gasteiger partial charge in [-0.2, -0.15) is 0 Å². The maximum absolute atomic E-state index is 13.5. The number of nitrogens with zero attached hydrogens (tertiary/aromatic N) is 1. The minimum atomic E-state index is -0.773. The molecule has 1 aromatic heterocycles. The summed E-state index contributed by atoms with van der Waals surface area (Å²) in [6.07, 6.45) is 1.57. The van der Waals surface area contributed by atoms with Crippen molar-refractivity contribution in [2.75, 3.05) is 0 Å². The molecule has 4 aromatic rings. The lowest BCUT2D eigenvalue weighted by Crippen LogP contribution is -2.24. The Morgan fingerprint density at radius 1 is 0.938 bits per heavy atom. The number of hydrogen-bond acceptors (Lipinski definition) is 3. The molecule has 160 valence electrons. The maximum Gasteiger partial charge on any atom is 0.306 e. The molecule has 1 N–H and O–H groups in total. The quantitative estimate of drug-likeness (QED) is 0.483. The van der Waals surface area contributed by atoms with Crippen LogP contribution in [0.4, 0.5) is 0 Å². The summed E-state index contributed by atoms with van der Waals surface area (Å²) in [4.78, 5) is 25.1. The average molecular weight is 425 g/mol. The van der Waals surface area contributed by atoms with E-state index in [1.165, 1.54) is 0 Å². The molecule has 0 saturated heterocycles. The Labute approximate surface area is 185 Å². The van der Waals surface area contributed by atoms with E-state index in [0.29, 0.717) is 37.2 Å².